The smallest absolute Gasteiger partial charge is 0.307 e. The number of rotatable bonds is 5. The van der Waals surface area contributed by atoms with Crippen LogP contribution in [0.2, 0.25) is 5.02 Å². The second-order valence-corrected chi connectivity index (χ2v) is 7.63. The maximum atomic E-state index is 13.2. The fourth-order valence-corrected chi connectivity index (χ4v) is 4.21. The fourth-order valence-electron chi connectivity index (χ4n) is 3.00. The van der Waals surface area contributed by atoms with Crippen molar-refractivity contribution in [1.82, 2.24) is 4.57 Å². The Balaban J connectivity index is 2.33. The molecule has 140 valence electrons. The first-order chi connectivity index (χ1) is 12.9. The molecule has 0 saturated carbocycles. The van der Waals surface area contributed by atoms with Gasteiger partial charge in [-0.2, -0.15) is 0 Å². The summed E-state index contributed by atoms with van der Waals surface area (Å²) in [4.78, 5) is 24.6. The summed E-state index contributed by atoms with van der Waals surface area (Å²) >= 11 is 12.8. The zero-order valence-electron chi connectivity index (χ0n) is 14.1. The highest BCUT2D eigenvalue weighted by atomic mass is 79.9. The number of hydrogen-bond donors (Lipinski definition) is 1. The second kappa shape index (κ2) is 8.04. The third-order valence-corrected chi connectivity index (χ3v) is 5.61. The summed E-state index contributed by atoms with van der Waals surface area (Å²) in [7, 11) is 1.53. The Labute approximate surface area is 177 Å². The van der Waals surface area contributed by atoms with Crippen LogP contribution >= 0.6 is 43.5 Å². The van der Waals surface area contributed by atoms with Crippen LogP contribution in [0.1, 0.15) is 21.6 Å². The van der Waals surface area contributed by atoms with Gasteiger partial charge < -0.3 is 9.84 Å². The molecule has 1 heterocycles. The van der Waals surface area contributed by atoms with Gasteiger partial charge in [0.25, 0.3) is 5.91 Å². The quantitative estimate of drug-likeness (QED) is 0.470. The molecule has 0 bridgehead atoms. The SMILES string of the molecule is COc1cc2c(CC(=O)O)c(CBr)n(C(=O)c3ccc(Cl)cc3)c2cc1Br. The van der Waals surface area contributed by atoms with E-state index in [1.54, 1.807) is 36.4 Å². The summed E-state index contributed by atoms with van der Waals surface area (Å²) in [6.45, 7) is 0. The number of methoxy groups -OCH3 is 1. The van der Waals surface area contributed by atoms with E-state index in [9.17, 15) is 14.7 Å². The average Bonchev–Trinajstić information content (AvgIpc) is 2.92. The van der Waals surface area contributed by atoms with Crippen LogP contribution < -0.4 is 4.74 Å². The molecule has 8 heteroatoms. The van der Waals surface area contributed by atoms with Gasteiger partial charge in [-0.05, 0) is 57.9 Å². The van der Waals surface area contributed by atoms with Crippen LogP contribution in [0.25, 0.3) is 10.9 Å². The van der Waals surface area contributed by atoms with Gasteiger partial charge >= 0.3 is 5.97 Å². The number of halogens is 3. The summed E-state index contributed by atoms with van der Waals surface area (Å²) in [5.74, 6) is -0.678. The van der Waals surface area contributed by atoms with E-state index in [-0.39, 0.29) is 12.3 Å². The molecule has 0 spiro atoms. The van der Waals surface area contributed by atoms with Crippen molar-refractivity contribution in [1.29, 1.82) is 0 Å². The number of carbonyl (C=O) groups excluding carboxylic acids is 1. The number of hydrogen-bond acceptors (Lipinski definition) is 3. The Morgan fingerprint density at radius 2 is 1.89 bits per heavy atom. The number of carbonyl (C=O) groups is 2. The molecule has 0 atom stereocenters. The molecular weight excluding hydrogens is 501 g/mol. The topological polar surface area (TPSA) is 68.5 Å². The van der Waals surface area contributed by atoms with Gasteiger partial charge in [0.15, 0.2) is 0 Å². The van der Waals surface area contributed by atoms with Crippen molar-refractivity contribution in [3.63, 3.8) is 0 Å². The number of carboxylic acid groups (broad SMARTS) is 1. The van der Waals surface area contributed by atoms with E-state index in [2.05, 4.69) is 31.9 Å². The van der Waals surface area contributed by atoms with Gasteiger partial charge in [-0.3, -0.25) is 14.2 Å². The zero-order valence-corrected chi connectivity index (χ0v) is 18.1. The van der Waals surface area contributed by atoms with E-state index in [0.717, 1.165) is 0 Å². The molecular formula is C19H14Br2ClNO4. The monoisotopic (exact) mass is 513 g/mol. The van der Waals surface area contributed by atoms with Gasteiger partial charge in [-0.15, -0.1) is 0 Å². The van der Waals surface area contributed by atoms with Crippen molar-refractivity contribution in [3.05, 3.63) is 62.7 Å². The second-order valence-electron chi connectivity index (χ2n) is 5.78. The summed E-state index contributed by atoms with van der Waals surface area (Å²) in [5, 5.41) is 10.9. The largest absolute Gasteiger partial charge is 0.496 e. The molecule has 5 nitrogen and oxygen atoms in total. The molecule has 0 aliphatic carbocycles. The molecule has 0 aliphatic rings. The highest BCUT2D eigenvalue weighted by molar-refractivity contribution is 9.10. The molecule has 0 unspecified atom stereocenters. The maximum absolute atomic E-state index is 13.2. The average molecular weight is 516 g/mol. The first-order valence-corrected chi connectivity index (χ1v) is 10.1. The summed E-state index contributed by atoms with van der Waals surface area (Å²) in [5.41, 5.74) is 2.22. The minimum absolute atomic E-state index is 0.205. The van der Waals surface area contributed by atoms with E-state index in [0.29, 0.717) is 48.3 Å². The highest BCUT2D eigenvalue weighted by Crippen LogP contribution is 2.36. The lowest BCUT2D eigenvalue weighted by Gasteiger charge is -2.10. The van der Waals surface area contributed by atoms with Crippen LogP contribution in [0.15, 0.2) is 40.9 Å². The van der Waals surface area contributed by atoms with Gasteiger partial charge in [0.2, 0.25) is 0 Å². The first kappa shape index (κ1) is 19.9. The predicted octanol–water partition coefficient (Wildman–Crippen LogP) is 5.28. The van der Waals surface area contributed by atoms with Crippen molar-refractivity contribution >= 4 is 66.2 Å². The van der Waals surface area contributed by atoms with Crippen molar-refractivity contribution in [3.8, 4) is 5.75 Å². The normalized spacial score (nSPS) is 11.0. The van der Waals surface area contributed by atoms with Crippen molar-refractivity contribution in [2.75, 3.05) is 7.11 Å². The molecule has 3 rings (SSSR count). The number of aromatic nitrogens is 1. The Kier molecular flexibility index (Phi) is 5.93. The lowest BCUT2D eigenvalue weighted by molar-refractivity contribution is -0.136. The molecule has 0 radical (unpaired) electrons. The van der Waals surface area contributed by atoms with Crippen LogP contribution in [0.3, 0.4) is 0 Å². The molecule has 2 aromatic carbocycles. The van der Waals surface area contributed by atoms with Gasteiger partial charge in [0.05, 0.1) is 23.5 Å². The Hall–Kier alpha value is -1.83. The van der Waals surface area contributed by atoms with E-state index in [1.807, 2.05) is 0 Å². The molecule has 0 fully saturated rings. The summed E-state index contributed by atoms with van der Waals surface area (Å²) in [6.07, 6.45) is -0.205. The summed E-state index contributed by atoms with van der Waals surface area (Å²) < 4.78 is 7.55. The number of nitrogens with zero attached hydrogens (tertiary/aromatic N) is 1. The highest BCUT2D eigenvalue weighted by Gasteiger charge is 2.24. The van der Waals surface area contributed by atoms with Gasteiger partial charge in [0, 0.05) is 27.0 Å². The Morgan fingerprint density at radius 1 is 1.22 bits per heavy atom. The lowest BCUT2D eigenvalue weighted by Crippen LogP contribution is -2.15. The number of fused-ring (bicyclic) bond motifs is 1. The third kappa shape index (κ3) is 3.77. The maximum Gasteiger partial charge on any atom is 0.307 e. The van der Waals surface area contributed by atoms with Crippen LogP contribution in [0.4, 0.5) is 0 Å². The van der Waals surface area contributed by atoms with Crippen molar-refractivity contribution in [2.24, 2.45) is 0 Å². The third-order valence-electron chi connectivity index (χ3n) is 4.20. The van der Waals surface area contributed by atoms with E-state index >= 15 is 0 Å². The van der Waals surface area contributed by atoms with E-state index in [1.165, 1.54) is 11.7 Å². The first-order valence-electron chi connectivity index (χ1n) is 7.85. The van der Waals surface area contributed by atoms with Gasteiger partial charge in [-0.25, -0.2) is 0 Å². The van der Waals surface area contributed by atoms with Crippen LogP contribution in [0.5, 0.6) is 5.75 Å². The Bertz CT molecular complexity index is 1040. The number of alkyl halides is 1. The van der Waals surface area contributed by atoms with Crippen LogP contribution in [-0.2, 0) is 16.5 Å². The zero-order chi connectivity index (χ0) is 19.7. The number of ether oxygens (including phenoxy) is 1. The predicted molar refractivity (Wildman–Crippen MR) is 111 cm³/mol. The standard InChI is InChI=1S/C19H14Br2ClNO4/c1-27-17-6-12-13(7-18(24)25)16(9-20)23(15(12)8-14(17)21)19(26)10-2-4-11(22)5-3-10/h2-6,8H,7,9H2,1H3,(H,24,25). The minimum Gasteiger partial charge on any atom is -0.496 e. The van der Waals surface area contributed by atoms with Gasteiger partial charge in [-0.1, -0.05) is 27.5 Å². The van der Waals surface area contributed by atoms with Crippen molar-refractivity contribution in [2.45, 2.75) is 11.8 Å². The molecule has 1 N–H and O–H groups in total. The molecule has 3 aromatic rings. The number of benzene rings is 2. The summed E-state index contributed by atoms with van der Waals surface area (Å²) in [6, 6.07) is 10.1. The molecule has 1 aromatic heterocycles. The van der Waals surface area contributed by atoms with E-state index in [4.69, 9.17) is 16.3 Å². The Morgan fingerprint density at radius 3 is 2.44 bits per heavy atom. The van der Waals surface area contributed by atoms with Crippen LogP contribution in [0, 0.1) is 0 Å². The molecule has 0 aliphatic heterocycles. The molecule has 27 heavy (non-hydrogen) atoms. The van der Waals surface area contributed by atoms with Gasteiger partial charge in [0.1, 0.15) is 5.75 Å². The number of carboxylic acids is 1. The van der Waals surface area contributed by atoms with Crippen LogP contribution in [-0.4, -0.2) is 28.7 Å². The molecule has 0 saturated heterocycles. The van der Waals surface area contributed by atoms with E-state index < -0.39 is 5.97 Å². The fraction of sp³-hybridized carbons (Fsp3) is 0.158. The van der Waals surface area contributed by atoms with Crippen molar-refractivity contribution < 1.29 is 19.4 Å². The lowest BCUT2D eigenvalue weighted by atomic mass is 10.1. The molecule has 0 amide bonds. The number of aliphatic carboxylic acids is 1. The minimum atomic E-state index is -0.975.